The maximum absolute atomic E-state index is 12.1. The van der Waals surface area contributed by atoms with Gasteiger partial charge in [0.2, 0.25) is 5.91 Å². The molecule has 0 aromatic heterocycles. The molecule has 0 spiro atoms. The molecule has 1 saturated heterocycles. The van der Waals surface area contributed by atoms with Gasteiger partial charge < -0.3 is 15.5 Å². The van der Waals surface area contributed by atoms with E-state index in [4.69, 9.17) is 0 Å². The van der Waals surface area contributed by atoms with Gasteiger partial charge in [-0.05, 0) is 64.7 Å². The van der Waals surface area contributed by atoms with Crippen LogP contribution in [0.3, 0.4) is 0 Å². The fourth-order valence-electron chi connectivity index (χ4n) is 2.76. The Balaban J connectivity index is 2.22. The third kappa shape index (κ3) is 5.80. The molecule has 0 bridgehead atoms. The number of likely N-dealkylation sites (tertiary alicyclic amines) is 1. The second kappa shape index (κ2) is 9.35. The highest BCUT2D eigenvalue weighted by molar-refractivity contribution is 5.81. The topological polar surface area (TPSA) is 44.4 Å². The third-order valence-corrected chi connectivity index (χ3v) is 4.59. The van der Waals surface area contributed by atoms with Crippen molar-refractivity contribution >= 4 is 5.91 Å². The molecule has 1 aliphatic heterocycles. The van der Waals surface area contributed by atoms with Gasteiger partial charge in [-0.15, -0.1) is 0 Å². The number of hydrogen-bond donors (Lipinski definition) is 2. The van der Waals surface area contributed by atoms with Crippen LogP contribution in [0, 0.1) is 5.92 Å². The lowest BCUT2D eigenvalue weighted by molar-refractivity contribution is -0.123. The summed E-state index contributed by atoms with van der Waals surface area (Å²) in [6, 6.07) is 0.236. The quantitative estimate of drug-likeness (QED) is 0.716. The van der Waals surface area contributed by atoms with Crippen molar-refractivity contribution in [3.8, 4) is 0 Å². The van der Waals surface area contributed by atoms with Gasteiger partial charge in [0, 0.05) is 6.04 Å². The van der Waals surface area contributed by atoms with E-state index >= 15 is 0 Å². The minimum atomic E-state index is -0.0835. The van der Waals surface area contributed by atoms with Crippen LogP contribution in [0.2, 0.25) is 0 Å². The Morgan fingerprint density at radius 1 is 1.20 bits per heavy atom. The molecule has 0 aliphatic carbocycles. The number of rotatable bonds is 8. The Morgan fingerprint density at radius 2 is 1.80 bits per heavy atom. The van der Waals surface area contributed by atoms with E-state index < -0.39 is 0 Å². The zero-order valence-corrected chi connectivity index (χ0v) is 13.7. The average Bonchev–Trinajstić information content (AvgIpc) is 2.50. The summed E-state index contributed by atoms with van der Waals surface area (Å²) < 4.78 is 0. The van der Waals surface area contributed by atoms with Crippen LogP contribution in [0.1, 0.15) is 53.4 Å². The van der Waals surface area contributed by atoms with Gasteiger partial charge >= 0.3 is 0 Å². The summed E-state index contributed by atoms with van der Waals surface area (Å²) in [5, 5.41) is 6.52. The van der Waals surface area contributed by atoms with Gasteiger partial charge in [0.1, 0.15) is 0 Å². The van der Waals surface area contributed by atoms with Crippen LogP contribution in [0.25, 0.3) is 0 Å². The Morgan fingerprint density at radius 3 is 2.30 bits per heavy atom. The lowest BCUT2D eigenvalue weighted by Gasteiger charge is -2.31. The van der Waals surface area contributed by atoms with Gasteiger partial charge in [0.25, 0.3) is 0 Å². The van der Waals surface area contributed by atoms with E-state index in [1.165, 1.54) is 25.9 Å². The molecule has 1 amide bonds. The molecule has 1 aliphatic rings. The van der Waals surface area contributed by atoms with Gasteiger partial charge in [-0.3, -0.25) is 4.79 Å². The Hall–Kier alpha value is -0.610. The molecule has 1 unspecified atom stereocenters. The molecule has 1 fully saturated rings. The summed E-state index contributed by atoms with van der Waals surface area (Å²) in [5.41, 5.74) is 0. The largest absolute Gasteiger partial charge is 0.352 e. The first-order valence-electron chi connectivity index (χ1n) is 8.36. The van der Waals surface area contributed by atoms with Crippen molar-refractivity contribution in [2.45, 2.75) is 65.5 Å². The first-order chi connectivity index (χ1) is 9.60. The summed E-state index contributed by atoms with van der Waals surface area (Å²) in [5.74, 6) is 0.867. The van der Waals surface area contributed by atoms with E-state index in [1.54, 1.807) is 0 Å². The highest BCUT2D eigenvalue weighted by Crippen LogP contribution is 2.15. The molecular formula is C16H33N3O. The summed E-state index contributed by atoms with van der Waals surface area (Å²) in [6.45, 7) is 13.0. The molecule has 1 heterocycles. The van der Waals surface area contributed by atoms with E-state index in [-0.39, 0.29) is 11.9 Å². The van der Waals surface area contributed by atoms with Crippen molar-refractivity contribution in [2.75, 3.05) is 26.2 Å². The number of hydrogen-bond acceptors (Lipinski definition) is 3. The number of amides is 1. The lowest BCUT2D eigenvalue weighted by atomic mass is 9.96. The van der Waals surface area contributed by atoms with Crippen molar-refractivity contribution in [3.05, 3.63) is 0 Å². The monoisotopic (exact) mass is 283 g/mol. The summed E-state index contributed by atoms with van der Waals surface area (Å²) in [4.78, 5) is 14.6. The van der Waals surface area contributed by atoms with Crippen LogP contribution in [-0.2, 0) is 4.79 Å². The molecule has 20 heavy (non-hydrogen) atoms. The number of carbonyl (C=O) groups is 1. The second-order valence-electron chi connectivity index (χ2n) is 6.03. The molecule has 1 atom stereocenters. The van der Waals surface area contributed by atoms with E-state index in [0.29, 0.717) is 6.04 Å². The van der Waals surface area contributed by atoms with Gasteiger partial charge in [-0.1, -0.05) is 20.8 Å². The third-order valence-electron chi connectivity index (χ3n) is 4.59. The predicted octanol–water partition coefficient (Wildman–Crippen LogP) is 2.00. The van der Waals surface area contributed by atoms with Gasteiger partial charge in [0.15, 0.2) is 0 Å². The molecule has 0 aromatic rings. The molecule has 0 radical (unpaired) electrons. The Kier molecular flexibility index (Phi) is 8.15. The lowest BCUT2D eigenvalue weighted by Crippen LogP contribution is -2.48. The van der Waals surface area contributed by atoms with E-state index in [0.717, 1.165) is 31.8 Å². The van der Waals surface area contributed by atoms with Crippen molar-refractivity contribution in [1.29, 1.82) is 0 Å². The smallest absolute Gasteiger partial charge is 0.237 e. The molecule has 4 heteroatoms. The predicted molar refractivity (Wildman–Crippen MR) is 84.8 cm³/mol. The summed E-state index contributed by atoms with van der Waals surface area (Å²) in [6.07, 6.45) is 4.51. The van der Waals surface area contributed by atoms with E-state index in [9.17, 15) is 4.79 Å². The maximum atomic E-state index is 12.1. The molecule has 118 valence electrons. The fraction of sp³-hybridized carbons (Fsp3) is 0.938. The van der Waals surface area contributed by atoms with Crippen molar-refractivity contribution < 1.29 is 4.79 Å². The highest BCUT2D eigenvalue weighted by atomic mass is 16.2. The van der Waals surface area contributed by atoms with Gasteiger partial charge in [-0.2, -0.15) is 0 Å². The zero-order valence-electron chi connectivity index (χ0n) is 13.7. The number of nitrogens with zero attached hydrogens (tertiary/aromatic N) is 1. The molecule has 0 aromatic carbocycles. The van der Waals surface area contributed by atoms with Gasteiger partial charge in [0.05, 0.1) is 6.04 Å². The van der Waals surface area contributed by atoms with Crippen LogP contribution in [0.15, 0.2) is 0 Å². The van der Waals surface area contributed by atoms with Crippen LogP contribution in [0.4, 0.5) is 0 Å². The molecule has 4 nitrogen and oxygen atoms in total. The van der Waals surface area contributed by atoms with E-state index in [2.05, 4.69) is 36.3 Å². The van der Waals surface area contributed by atoms with Crippen LogP contribution in [-0.4, -0.2) is 49.1 Å². The average molecular weight is 283 g/mol. The highest BCUT2D eigenvalue weighted by Gasteiger charge is 2.20. The summed E-state index contributed by atoms with van der Waals surface area (Å²) >= 11 is 0. The van der Waals surface area contributed by atoms with E-state index in [1.807, 2.05) is 6.92 Å². The molecule has 2 N–H and O–H groups in total. The number of piperidine rings is 1. The summed E-state index contributed by atoms with van der Waals surface area (Å²) in [7, 11) is 0. The molecule has 1 rings (SSSR count). The van der Waals surface area contributed by atoms with Crippen LogP contribution >= 0.6 is 0 Å². The van der Waals surface area contributed by atoms with Crippen molar-refractivity contribution in [2.24, 2.45) is 5.92 Å². The first-order valence-corrected chi connectivity index (χ1v) is 8.36. The SMILES string of the molecule is CCC(CC)NC(=O)C(C)NCC1CCN(CC)CC1. The minimum absolute atomic E-state index is 0.0835. The molecule has 0 saturated carbocycles. The standard InChI is InChI=1S/C16H33N3O/c1-5-15(6-2)18-16(20)13(4)17-12-14-8-10-19(7-3)11-9-14/h13-15,17H,5-12H2,1-4H3,(H,18,20). The fourth-order valence-corrected chi connectivity index (χ4v) is 2.76. The maximum Gasteiger partial charge on any atom is 0.237 e. The Labute approximate surface area is 124 Å². The van der Waals surface area contributed by atoms with Crippen LogP contribution < -0.4 is 10.6 Å². The first kappa shape index (κ1) is 17.4. The zero-order chi connectivity index (χ0) is 15.0. The van der Waals surface area contributed by atoms with Gasteiger partial charge in [-0.25, -0.2) is 0 Å². The van der Waals surface area contributed by atoms with Crippen molar-refractivity contribution in [3.63, 3.8) is 0 Å². The Bertz CT molecular complexity index is 271. The number of nitrogens with one attached hydrogen (secondary N) is 2. The normalized spacial score (nSPS) is 19.2. The minimum Gasteiger partial charge on any atom is -0.352 e. The molecular weight excluding hydrogens is 250 g/mol. The van der Waals surface area contributed by atoms with Crippen LogP contribution in [0.5, 0.6) is 0 Å². The van der Waals surface area contributed by atoms with Crippen molar-refractivity contribution in [1.82, 2.24) is 15.5 Å². The number of carbonyl (C=O) groups excluding carboxylic acids is 1. The second-order valence-corrected chi connectivity index (χ2v) is 6.03.